The van der Waals surface area contributed by atoms with Gasteiger partial charge < -0.3 is 10.2 Å². The number of rotatable bonds is 5. The molecule has 2 aromatic rings. The lowest BCUT2D eigenvalue weighted by molar-refractivity contribution is 0.0698. The number of thioether (sulfide) groups is 1. The van der Waals surface area contributed by atoms with Crippen molar-refractivity contribution in [2.45, 2.75) is 36.5 Å². The molecule has 1 aromatic carbocycles. The zero-order chi connectivity index (χ0) is 16.9. The molecule has 1 saturated heterocycles. The average molecular weight is 434 g/mol. The molecular formula is C18H25Cl2N3OS2. The van der Waals surface area contributed by atoms with Crippen molar-refractivity contribution in [2.24, 2.45) is 0 Å². The average Bonchev–Trinajstić information content (AvgIpc) is 3.05. The highest BCUT2D eigenvalue weighted by Gasteiger charge is 2.23. The summed E-state index contributed by atoms with van der Waals surface area (Å²) >= 11 is 3.44. The zero-order valence-electron chi connectivity index (χ0n) is 14.9. The molecule has 0 bridgehead atoms. The van der Waals surface area contributed by atoms with Crippen LogP contribution in [0.15, 0.2) is 34.5 Å². The van der Waals surface area contributed by atoms with Crippen LogP contribution in [-0.2, 0) is 5.75 Å². The minimum absolute atomic E-state index is 0. The van der Waals surface area contributed by atoms with Crippen molar-refractivity contribution >= 4 is 53.8 Å². The zero-order valence-corrected chi connectivity index (χ0v) is 18.2. The number of amides is 1. The quantitative estimate of drug-likeness (QED) is 0.708. The summed E-state index contributed by atoms with van der Waals surface area (Å²) in [5.74, 6) is 1.01. The first-order chi connectivity index (χ1) is 11.7. The van der Waals surface area contributed by atoms with Gasteiger partial charge in [-0.15, -0.1) is 47.9 Å². The Morgan fingerprint density at radius 2 is 2.08 bits per heavy atom. The van der Waals surface area contributed by atoms with Crippen LogP contribution in [0.3, 0.4) is 0 Å². The maximum Gasteiger partial charge on any atom is 0.253 e. The topological polar surface area (TPSA) is 45.2 Å². The third kappa shape index (κ3) is 6.13. The number of carbonyl (C=O) groups is 1. The van der Waals surface area contributed by atoms with E-state index in [4.69, 9.17) is 0 Å². The Bertz CT molecular complexity index is 694. The largest absolute Gasteiger partial charge is 0.337 e. The van der Waals surface area contributed by atoms with E-state index >= 15 is 0 Å². The number of carbonyl (C=O) groups excluding carboxylic acids is 1. The van der Waals surface area contributed by atoms with Gasteiger partial charge in [0.25, 0.3) is 5.91 Å². The molecule has 4 nitrogen and oxygen atoms in total. The monoisotopic (exact) mass is 433 g/mol. The Balaban J connectivity index is 0.00000169. The molecule has 0 spiro atoms. The maximum absolute atomic E-state index is 12.6. The molecule has 1 aliphatic heterocycles. The van der Waals surface area contributed by atoms with Crippen LogP contribution in [0.5, 0.6) is 0 Å². The second-order valence-corrected chi connectivity index (χ2v) is 8.16. The summed E-state index contributed by atoms with van der Waals surface area (Å²) in [7, 11) is 1.97. The van der Waals surface area contributed by atoms with Gasteiger partial charge in [0.1, 0.15) is 0 Å². The Labute approximate surface area is 176 Å². The SMILES string of the molecule is CNC1CCCN(C(=O)c2ccc(SCc3csc(C)n3)cc2)C1.Cl.Cl. The molecule has 3 rings (SSSR count). The number of halogens is 2. The second kappa shape index (κ2) is 11.1. The fraction of sp³-hybridized carbons (Fsp3) is 0.444. The number of piperidine rings is 1. The molecule has 1 amide bonds. The number of aromatic nitrogens is 1. The van der Waals surface area contributed by atoms with Gasteiger partial charge in [-0.25, -0.2) is 4.98 Å². The highest BCUT2D eigenvalue weighted by molar-refractivity contribution is 7.98. The van der Waals surface area contributed by atoms with Crippen LogP contribution in [0.1, 0.15) is 33.9 Å². The van der Waals surface area contributed by atoms with E-state index in [1.54, 1.807) is 23.1 Å². The predicted molar refractivity (Wildman–Crippen MR) is 115 cm³/mol. The standard InChI is InChI=1S/C18H23N3OS2.2ClH/c1-13-20-16(11-23-13)12-24-17-7-5-14(6-8-17)18(22)21-9-3-4-15(10-21)19-2;;/h5-8,11,15,19H,3-4,9-10,12H2,1-2H3;2*1H. The third-order valence-corrected chi connectivity index (χ3v) is 6.14. The van der Waals surface area contributed by atoms with Crippen molar-refractivity contribution in [2.75, 3.05) is 20.1 Å². The number of aryl methyl sites for hydroxylation is 1. The number of nitrogens with zero attached hydrogens (tertiary/aromatic N) is 2. The number of nitrogens with one attached hydrogen (secondary N) is 1. The smallest absolute Gasteiger partial charge is 0.253 e. The maximum atomic E-state index is 12.6. The molecule has 1 aliphatic rings. The first-order valence-electron chi connectivity index (χ1n) is 8.26. The number of thiazole rings is 1. The minimum atomic E-state index is 0. The van der Waals surface area contributed by atoms with Crippen LogP contribution >= 0.6 is 47.9 Å². The Hall–Kier alpha value is -0.790. The normalized spacial score (nSPS) is 16.5. The first-order valence-corrected chi connectivity index (χ1v) is 10.1. The first kappa shape index (κ1) is 23.2. The van der Waals surface area contributed by atoms with Crippen LogP contribution in [0.25, 0.3) is 0 Å². The van der Waals surface area contributed by atoms with Crippen molar-refractivity contribution in [3.63, 3.8) is 0 Å². The van der Waals surface area contributed by atoms with E-state index in [1.807, 2.05) is 43.1 Å². The van der Waals surface area contributed by atoms with Gasteiger partial charge in [0.2, 0.25) is 0 Å². The van der Waals surface area contributed by atoms with Crippen LogP contribution in [0.2, 0.25) is 0 Å². The van der Waals surface area contributed by atoms with E-state index in [9.17, 15) is 4.79 Å². The highest BCUT2D eigenvalue weighted by Crippen LogP contribution is 2.24. The summed E-state index contributed by atoms with van der Waals surface area (Å²) in [6, 6.07) is 8.38. The van der Waals surface area contributed by atoms with Gasteiger partial charge in [-0.05, 0) is 51.1 Å². The van der Waals surface area contributed by atoms with Gasteiger partial charge in [-0.3, -0.25) is 4.79 Å². The summed E-state index contributed by atoms with van der Waals surface area (Å²) < 4.78 is 0. The Morgan fingerprint density at radius 1 is 1.35 bits per heavy atom. The molecular weight excluding hydrogens is 409 g/mol. The van der Waals surface area contributed by atoms with Crippen molar-refractivity contribution in [1.29, 1.82) is 0 Å². The third-order valence-electron chi connectivity index (χ3n) is 4.27. The Morgan fingerprint density at radius 3 is 2.69 bits per heavy atom. The van der Waals surface area contributed by atoms with Gasteiger partial charge >= 0.3 is 0 Å². The Kier molecular flexibility index (Phi) is 9.97. The summed E-state index contributed by atoms with van der Waals surface area (Å²) in [5, 5.41) is 6.49. The molecule has 1 fully saturated rings. The number of hydrogen-bond acceptors (Lipinski definition) is 5. The number of hydrogen-bond donors (Lipinski definition) is 1. The van der Waals surface area contributed by atoms with Gasteiger partial charge in [0, 0.05) is 40.7 Å². The molecule has 2 heterocycles. The lowest BCUT2D eigenvalue weighted by atomic mass is 10.0. The number of likely N-dealkylation sites (N-methyl/N-ethyl adjacent to an activating group) is 1. The van der Waals surface area contributed by atoms with Crippen LogP contribution in [0, 0.1) is 6.92 Å². The minimum Gasteiger partial charge on any atom is -0.337 e. The van der Waals surface area contributed by atoms with E-state index < -0.39 is 0 Å². The summed E-state index contributed by atoms with van der Waals surface area (Å²) in [6.07, 6.45) is 2.21. The van der Waals surface area contributed by atoms with E-state index in [0.717, 1.165) is 47.9 Å². The second-order valence-electron chi connectivity index (χ2n) is 6.05. The molecule has 8 heteroatoms. The summed E-state index contributed by atoms with van der Waals surface area (Å²) in [4.78, 5) is 20.2. The molecule has 0 saturated carbocycles. The van der Waals surface area contributed by atoms with E-state index in [0.29, 0.717) is 6.04 Å². The molecule has 1 aromatic heterocycles. The summed E-state index contributed by atoms with van der Waals surface area (Å²) in [6.45, 7) is 3.68. The van der Waals surface area contributed by atoms with Gasteiger partial charge in [0.15, 0.2) is 0 Å². The number of likely N-dealkylation sites (tertiary alicyclic amines) is 1. The molecule has 144 valence electrons. The van der Waals surface area contributed by atoms with Crippen molar-refractivity contribution in [1.82, 2.24) is 15.2 Å². The fourth-order valence-electron chi connectivity index (χ4n) is 2.91. The lowest BCUT2D eigenvalue weighted by Crippen LogP contribution is -2.46. The van der Waals surface area contributed by atoms with E-state index in [-0.39, 0.29) is 30.7 Å². The van der Waals surface area contributed by atoms with Crippen molar-refractivity contribution in [3.8, 4) is 0 Å². The molecule has 0 aliphatic carbocycles. The van der Waals surface area contributed by atoms with E-state index in [2.05, 4.69) is 15.7 Å². The molecule has 1 atom stereocenters. The van der Waals surface area contributed by atoms with Crippen molar-refractivity contribution < 1.29 is 4.79 Å². The van der Waals surface area contributed by atoms with E-state index in [1.165, 1.54) is 4.90 Å². The predicted octanol–water partition coefficient (Wildman–Crippen LogP) is 4.41. The number of benzene rings is 1. The van der Waals surface area contributed by atoms with Gasteiger partial charge in [-0.1, -0.05) is 0 Å². The molecule has 1 N–H and O–H groups in total. The highest BCUT2D eigenvalue weighted by atomic mass is 35.5. The van der Waals surface area contributed by atoms with Gasteiger partial charge in [-0.2, -0.15) is 0 Å². The molecule has 26 heavy (non-hydrogen) atoms. The molecule has 0 radical (unpaired) electrons. The van der Waals surface area contributed by atoms with Crippen LogP contribution in [0.4, 0.5) is 0 Å². The fourth-order valence-corrected chi connectivity index (χ4v) is 4.41. The van der Waals surface area contributed by atoms with Crippen LogP contribution in [-0.4, -0.2) is 42.0 Å². The van der Waals surface area contributed by atoms with Crippen molar-refractivity contribution in [3.05, 3.63) is 45.9 Å². The lowest BCUT2D eigenvalue weighted by Gasteiger charge is -2.32. The summed E-state index contributed by atoms with van der Waals surface area (Å²) in [5.41, 5.74) is 1.90. The van der Waals surface area contributed by atoms with Crippen LogP contribution < -0.4 is 5.32 Å². The van der Waals surface area contributed by atoms with Gasteiger partial charge in [0.05, 0.1) is 10.7 Å². The molecule has 1 unspecified atom stereocenters.